The molecular formula is C16H25NO. The quantitative estimate of drug-likeness (QED) is 0.865. The summed E-state index contributed by atoms with van der Waals surface area (Å²) in [6.45, 7) is 8.53. The first-order valence-corrected chi connectivity index (χ1v) is 7.03. The zero-order valence-corrected chi connectivity index (χ0v) is 11.9. The molecule has 0 heterocycles. The van der Waals surface area contributed by atoms with Crippen LogP contribution in [0, 0.1) is 0 Å². The van der Waals surface area contributed by atoms with Gasteiger partial charge in [0.15, 0.2) is 0 Å². The van der Waals surface area contributed by atoms with Gasteiger partial charge in [-0.05, 0) is 56.3 Å². The number of fused-ring (bicyclic) bond motifs is 1. The van der Waals surface area contributed by atoms with Crippen LogP contribution in [0.5, 0.6) is 0 Å². The summed E-state index contributed by atoms with van der Waals surface area (Å²) in [5.74, 6) is 0. The summed E-state index contributed by atoms with van der Waals surface area (Å²) in [6, 6.07) is 6.89. The van der Waals surface area contributed by atoms with Crippen molar-refractivity contribution in [3.63, 3.8) is 0 Å². The van der Waals surface area contributed by atoms with E-state index in [2.05, 4.69) is 30.0 Å². The van der Waals surface area contributed by atoms with Gasteiger partial charge in [-0.2, -0.15) is 0 Å². The van der Waals surface area contributed by atoms with E-state index < -0.39 is 5.60 Å². The minimum absolute atomic E-state index is 0.618. The number of rotatable bonds is 5. The maximum absolute atomic E-state index is 9.91. The Morgan fingerprint density at radius 3 is 2.61 bits per heavy atom. The van der Waals surface area contributed by atoms with Crippen LogP contribution in [-0.2, 0) is 19.4 Å². The second-order valence-corrected chi connectivity index (χ2v) is 6.07. The molecule has 0 bridgehead atoms. The minimum Gasteiger partial charge on any atom is -0.389 e. The van der Waals surface area contributed by atoms with Crippen molar-refractivity contribution in [3.8, 4) is 0 Å². The third-order valence-corrected chi connectivity index (χ3v) is 3.63. The Morgan fingerprint density at radius 2 is 1.94 bits per heavy atom. The number of hydrogen-bond donors (Lipinski definition) is 1. The van der Waals surface area contributed by atoms with Gasteiger partial charge in [-0.15, -0.1) is 0 Å². The average molecular weight is 247 g/mol. The first-order chi connectivity index (χ1) is 8.48. The fourth-order valence-electron chi connectivity index (χ4n) is 2.81. The Bertz CT molecular complexity index is 406. The smallest absolute Gasteiger partial charge is 0.0718 e. The fraction of sp³-hybridized carbons (Fsp3) is 0.625. The van der Waals surface area contributed by atoms with Crippen molar-refractivity contribution in [2.75, 3.05) is 13.1 Å². The molecule has 0 saturated carbocycles. The van der Waals surface area contributed by atoms with Crippen LogP contribution in [0.1, 0.15) is 43.9 Å². The molecule has 0 radical (unpaired) electrons. The van der Waals surface area contributed by atoms with Gasteiger partial charge in [0.2, 0.25) is 0 Å². The van der Waals surface area contributed by atoms with Crippen LogP contribution in [0.2, 0.25) is 0 Å². The number of likely N-dealkylation sites (N-methyl/N-ethyl adjacent to an activating group) is 1. The van der Waals surface area contributed by atoms with Gasteiger partial charge in [-0.25, -0.2) is 0 Å². The topological polar surface area (TPSA) is 23.5 Å². The third kappa shape index (κ3) is 3.56. The summed E-state index contributed by atoms with van der Waals surface area (Å²) in [5.41, 5.74) is 3.82. The van der Waals surface area contributed by atoms with Crippen molar-refractivity contribution >= 4 is 0 Å². The molecule has 1 aliphatic carbocycles. The first-order valence-electron chi connectivity index (χ1n) is 7.03. The standard InChI is InChI=1S/C16H25NO/c1-4-17(12-16(2,3)18)11-13-8-9-14-6-5-7-15(14)10-13/h8-10,18H,4-7,11-12H2,1-3H3. The lowest BCUT2D eigenvalue weighted by Crippen LogP contribution is -2.38. The molecule has 0 amide bonds. The SMILES string of the molecule is CCN(Cc1ccc2c(c1)CCC2)CC(C)(C)O. The lowest BCUT2D eigenvalue weighted by molar-refractivity contribution is 0.0353. The van der Waals surface area contributed by atoms with Gasteiger partial charge >= 0.3 is 0 Å². The van der Waals surface area contributed by atoms with Gasteiger partial charge in [-0.3, -0.25) is 4.90 Å². The molecule has 2 nitrogen and oxygen atoms in total. The molecule has 18 heavy (non-hydrogen) atoms. The molecule has 1 aromatic carbocycles. The van der Waals surface area contributed by atoms with Crippen molar-refractivity contribution < 1.29 is 5.11 Å². The Labute approximate surface area is 111 Å². The largest absolute Gasteiger partial charge is 0.389 e. The highest BCUT2D eigenvalue weighted by Gasteiger charge is 2.18. The first kappa shape index (κ1) is 13.6. The number of aliphatic hydroxyl groups is 1. The molecule has 0 unspecified atom stereocenters. The van der Waals surface area contributed by atoms with E-state index in [1.165, 1.54) is 36.0 Å². The van der Waals surface area contributed by atoms with Crippen molar-refractivity contribution in [2.24, 2.45) is 0 Å². The molecular weight excluding hydrogens is 222 g/mol. The van der Waals surface area contributed by atoms with E-state index in [9.17, 15) is 5.11 Å². The molecule has 100 valence electrons. The zero-order valence-electron chi connectivity index (χ0n) is 11.9. The molecule has 1 aliphatic rings. The normalized spacial score (nSPS) is 15.2. The van der Waals surface area contributed by atoms with E-state index in [-0.39, 0.29) is 0 Å². The van der Waals surface area contributed by atoms with Crippen molar-refractivity contribution in [2.45, 2.75) is 52.2 Å². The second-order valence-electron chi connectivity index (χ2n) is 6.07. The third-order valence-electron chi connectivity index (χ3n) is 3.63. The Kier molecular flexibility index (Phi) is 4.08. The predicted octanol–water partition coefficient (Wildman–Crippen LogP) is 2.77. The molecule has 0 aromatic heterocycles. The van der Waals surface area contributed by atoms with E-state index in [1.54, 1.807) is 0 Å². The Morgan fingerprint density at radius 1 is 1.22 bits per heavy atom. The molecule has 0 spiro atoms. The van der Waals surface area contributed by atoms with Crippen molar-refractivity contribution in [1.29, 1.82) is 0 Å². The van der Waals surface area contributed by atoms with E-state index in [4.69, 9.17) is 0 Å². The van der Waals surface area contributed by atoms with Crippen LogP contribution in [-0.4, -0.2) is 28.7 Å². The van der Waals surface area contributed by atoms with Crippen LogP contribution < -0.4 is 0 Å². The molecule has 2 rings (SSSR count). The zero-order chi connectivity index (χ0) is 13.2. The van der Waals surface area contributed by atoms with E-state index in [0.29, 0.717) is 0 Å². The molecule has 0 aliphatic heterocycles. The monoisotopic (exact) mass is 247 g/mol. The van der Waals surface area contributed by atoms with Crippen molar-refractivity contribution in [3.05, 3.63) is 34.9 Å². The summed E-state index contributed by atoms with van der Waals surface area (Å²) in [4.78, 5) is 2.30. The van der Waals surface area contributed by atoms with Gasteiger partial charge < -0.3 is 5.11 Å². The Hall–Kier alpha value is -0.860. The highest BCUT2D eigenvalue weighted by atomic mass is 16.3. The Balaban J connectivity index is 2.03. The van der Waals surface area contributed by atoms with E-state index >= 15 is 0 Å². The summed E-state index contributed by atoms with van der Waals surface area (Å²) < 4.78 is 0. The summed E-state index contributed by atoms with van der Waals surface area (Å²) in [5, 5.41) is 9.91. The van der Waals surface area contributed by atoms with Crippen molar-refractivity contribution in [1.82, 2.24) is 4.90 Å². The van der Waals surface area contributed by atoms with Crippen LogP contribution in [0.3, 0.4) is 0 Å². The lowest BCUT2D eigenvalue weighted by Gasteiger charge is -2.28. The number of benzene rings is 1. The second kappa shape index (κ2) is 5.41. The summed E-state index contributed by atoms with van der Waals surface area (Å²) in [6.07, 6.45) is 3.79. The minimum atomic E-state index is -0.618. The van der Waals surface area contributed by atoms with Crippen LogP contribution in [0.25, 0.3) is 0 Å². The van der Waals surface area contributed by atoms with Crippen LogP contribution in [0.4, 0.5) is 0 Å². The molecule has 0 saturated heterocycles. The van der Waals surface area contributed by atoms with E-state index in [0.717, 1.165) is 19.6 Å². The number of nitrogens with zero attached hydrogens (tertiary/aromatic N) is 1. The molecule has 0 fully saturated rings. The maximum atomic E-state index is 9.91. The van der Waals surface area contributed by atoms with Gasteiger partial charge in [0.05, 0.1) is 5.60 Å². The van der Waals surface area contributed by atoms with Crippen LogP contribution >= 0.6 is 0 Å². The fourth-order valence-corrected chi connectivity index (χ4v) is 2.81. The van der Waals surface area contributed by atoms with E-state index in [1.807, 2.05) is 13.8 Å². The molecule has 2 heteroatoms. The van der Waals surface area contributed by atoms with Gasteiger partial charge in [-0.1, -0.05) is 25.1 Å². The number of hydrogen-bond acceptors (Lipinski definition) is 2. The highest BCUT2D eigenvalue weighted by molar-refractivity contribution is 5.35. The molecule has 1 aromatic rings. The van der Waals surface area contributed by atoms with Crippen LogP contribution in [0.15, 0.2) is 18.2 Å². The highest BCUT2D eigenvalue weighted by Crippen LogP contribution is 2.23. The number of aryl methyl sites for hydroxylation is 2. The lowest BCUT2D eigenvalue weighted by atomic mass is 10.0. The van der Waals surface area contributed by atoms with Gasteiger partial charge in [0.25, 0.3) is 0 Å². The maximum Gasteiger partial charge on any atom is 0.0718 e. The summed E-state index contributed by atoms with van der Waals surface area (Å²) in [7, 11) is 0. The average Bonchev–Trinajstić information content (AvgIpc) is 2.73. The van der Waals surface area contributed by atoms with Gasteiger partial charge in [0.1, 0.15) is 0 Å². The molecule has 0 atom stereocenters. The molecule has 1 N–H and O–H groups in total. The van der Waals surface area contributed by atoms with Gasteiger partial charge in [0, 0.05) is 13.1 Å². The predicted molar refractivity (Wildman–Crippen MR) is 75.7 cm³/mol. The summed E-state index contributed by atoms with van der Waals surface area (Å²) >= 11 is 0.